The Labute approximate surface area is 177 Å². The third-order valence-electron chi connectivity index (χ3n) is 5.62. The molecule has 154 valence electrons. The Morgan fingerprint density at radius 3 is 2.00 bits per heavy atom. The first-order valence-corrected chi connectivity index (χ1v) is 10.4. The number of nitrogens with zero attached hydrogens (tertiary/aromatic N) is 2. The molecule has 0 radical (unpaired) electrons. The van der Waals surface area contributed by atoms with Gasteiger partial charge in [0.1, 0.15) is 5.75 Å². The van der Waals surface area contributed by atoms with Gasteiger partial charge < -0.3 is 20.2 Å². The molecule has 1 aliphatic rings. The molecule has 0 bridgehead atoms. The van der Waals surface area contributed by atoms with Gasteiger partial charge in [-0.1, -0.05) is 66.7 Å². The summed E-state index contributed by atoms with van der Waals surface area (Å²) in [5.74, 6) is 0.380. The molecule has 0 unspecified atom stereocenters. The van der Waals surface area contributed by atoms with Gasteiger partial charge in [-0.05, 0) is 23.3 Å². The monoisotopic (exact) mass is 401 g/mol. The third-order valence-corrected chi connectivity index (χ3v) is 5.62. The Hall–Kier alpha value is -3.47. The lowest BCUT2D eigenvalue weighted by Crippen LogP contribution is -2.52. The van der Waals surface area contributed by atoms with Gasteiger partial charge in [-0.2, -0.15) is 0 Å². The predicted octanol–water partition coefficient (Wildman–Crippen LogP) is 4.06. The number of urea groups is 1. The lowest BCUT2D eigenvalue weighted by Gasteiger charge is -2.36. The van der Waals surface area contributed by atoms with Crippen LogP contribution in [0.4, 0.5) is 10.5 Å². The number of amides is 2. The van der Waals surface area contributed by atoms with Crippen LogP contribution in [0.3, 0.4) is 0 Å². The molecule has 2 amide bonds. The minimum atomic E-state index is -0.0255. The molecule has 3 aromatic rings. The second kappa shape index (κ2) is 9.35. The highest BCUT2D eigenvalue weighted by molar-refractivity contribution is 5.74. The molecule has 5 nitrogen and oxygen atoms in total. The van der Waals surface area contributed by atoms with Gasteiger partial charge in [-0.25, -0.2) is 4.79 Å². The summed E-state index contributed by atoms with van der Waals surface area (Å²) in [5, 5.41) is 12.8. The van der Waals surface area contributed by atoms with Crippen molar-refractivity contribution < 1.29 is 9.90 Å². The zero-order valence-corrected chi connectivity index (χ0v) is 16.9. The Kier molecular flexibility index (Phi) is 6.18. The molecule has 0 atom stereocenters. The molecule has 0 aliphatic carbocycles. The van der Waals surface area contributed by atoms with Crippen molar-refractivity contribution in [2.45, 2.75) is 5.92 Å². The van der Waals surface area contributed by atoms with Gasteiger partial charge >= 0.3 is 6.03 Å². The van der Waals surface area contributed by atoms with Crippen LogP contribution in [0.1, 0.15) is 17.0 Å². The summed E-state index contributed by atoms with van der Waals surface area (Å²) in [4.78, 5) is 16.9. The average molecular weight is 402 g/mol. The van der Waals surface area contributed by atoms with Crippen LogP contribution < -0.4 is 10.2 Å². The maximum atomic E-state index is 12.8. The van der Waals surface area contributed by atoms with E-state index in [1.54, 1.807) is 12.1 Å². The van der Waals surface area contributed by atoms with E-state index in [-0.39, 0.29) is 17.7 Å². The van der Waals surface area contributed by atoms with Crippen molar-refractivity contribution in [3.63, 3.8) is 0 Å². The highest BCUT2D eigenvalue weighted by Crippen LogP contribution is 2.24. The molecule has 3 aromatic carbocycles. The van der Waals surface area contributed by atoms with Gasteiger partial charge in [0, 0.05) is 50.4 Å². The molecular weight excluding hydrogens is 374 g/mol. The van der Waals surface area contributed by atoms with Gasteiger partial charge in [-0.3, -0.25) is 0 Å². The fourth-order valence-corrected chi connectivity index (χ4v) is 3.96. The van der Waals surface area contributed by atoms with Gasteiger partial charge in [0.2, 0.25) is 0 Å². The van der Waals surface area contributed by atoms with Gasteiger partial charge in [0.25, 0.3) is 0 Å². The van der Waals surface area contributed by atoms with Gasteiger partial charge in [-0.15, -0.1) is 0 Å². The first-order chi connectivity index (χ1) is 14.7. The molecule has 0 aromatic heterocycles. The zero-order chi connectivity index (χ0) is 20.8. The number of nitrogens with one attached hydrogen (secondary N) is 1. The van der Waals surface area contributed by atoms with E-state index in [1.807, 2.05) is 53.4 Å². The maximum Gasteiger partial charge on any atom is 0.317 e. The van der Waals surface area contributed by atoms with Crippen molar-refractivity contribution in [3.8, 4) is 5.75 Å². The molecule has 4 rings (SSSR count). The molecule has 5 heteroatoms. The van der Waals surface area contributed by atoms with Crippen molar-refractivity contribution in [2.24, 2.45) is 0 Å². The van der Waals surface area contributed by atoms with Crippen molar-refractivity contribution >= 4 is 11.7 Å². The number of piperazine rings is 1. The Morgan fingerprint density at radius 1 is 0.833 bits per heavy atom. The number of hydrogen-bond donors (Lipinski definition) is 2. The third kappa shape index (κ3) is 4.74. The summed E-state index contributed by atoms with van der Waals surface area (Å²) >= 11 is 0. The Bertz CT molecular complexity index is 915. The van der Waals surface area contributed by atoms with E-state index in [9.17, 15) is 9.90 Å². The fourth-order valence-electron chi connectivity index (χ4n) is 3.96. The maximum absolute atomic E-state index is 12.8. The largest absolute Gasteiger partial charge is 0.508 e. The van der Waals surface area contributed by atoms with Crippen LogP contribution in [-0.2, 0) is 0 Å². The lowest BCUT2D eigenvalue weighted by atomic mass is 9.91. The normalized spacial score (nSPS) is 14.0. The predicted molar refractivity (Wildman–Crippen MR) is 120 cm³/mol. The number of phenols is 1. The molecule has 2 N–H and O–H groups in total. The topological polar surface area (TPSA) is 55.8 Å². The summed E-state index contributed by atoms with van der Waals surface area (Å²) in [6.45, 7) is 3.36. The smallest absolute Gasteiger partial charge is 0.317 e. The van der Waals surface area contributed by atoms with Crippen molar-refractivity contribution in [3.05, 3.63) is 96.1 Å². The van der Waals surface area contributed by atoms with Crippen molar-refractivity contribution in [1.29, 1.82) is 0 Å². The van der Waals surface area contributed by atoms with Gasteiger partial charge in [0.15, 0.2) is 0 Å². The number of benzene rings is 3. The number of carbonyl (C=O) groups excluding carboxylic acids is 1. The van der Waals surface area contributed by atoms with E-state index in [4.69, 9.17) is 0 Å². The van der Waals surface area contributed by atoms with Crippen molar-refractivity contribution in [1.82, 2.24) is 10.2 Å². The van der Waals surface area contributed by atoms with E-state index in [2.05, 4.69) is 34.5 Å². The average Bonchev–Trinajstić information content (AvgIpc) is 2.81. The lowest BCUT2D eigenvalue weighted by molar-refractivity contribution is 0.194. The van der Waals surface area contributed by atoms with Crippen LogP contribution in [0.25, 0.3) is 0 Å². The molecule has 1 fully saturated rings. The summed E-state index contributed by atoms with van der Waals surface area (Å²) in [6.07, 6.45) is 0. The van der Waals surface area contributed by atoms with Crippen LogP contribution in [-0.4, -0.2) is 48.8 Å². The fraction of sp³-hybridized carbons (Fsp3) is 0.240. The number of phenolic OH excluding ortho intramolecular Hbond substituents is 1. The van der Waals surface area contributed by atoms with E-state index in [0.29, 0.717) is 19.6 Å². The number of anilines is 1. The van der Waals surface area contributed by atoms with Crippen LogP contribution >= 0.6 is 0 Å². The summed E-state index contributed by atoms with van der Waals surface area (Å²) in [5.41, 5.74) is 3.37. The zero-order valence-electron chi connectivity index (χ0n) is 16.9. The molecule has 0 saturated carbocycles. The molecule has 30 heavy (non-hydrogen) atoms. The number of aromatic hydroxyl groups is 1. The molecule has 0 spiro atoms. The summed E-state index contributed by atoms with van der Waals surface area (Å²) in [7, 11) is 0. The SMILES string of the molecule is O=C(NCC(c1ccccc1)c1ccccc1)N1CCN(c2cccc(O)c2)CC1. The Morgan fingerprint density at radius 2 is 1.43 bits per heavy atom. The standard InChI is InChI=1S/C25H27N3O2/c29-23-13-7-12-22(18-23)27-14-16-28(17-15-27)25(30)26-19-24(20-8-3-1-4-9-20)21-10-5-2-6-11-21/h1-13,18,24,29H,14-17,19H2,(H,26,30). The van der Waals surface area contributed by atoms with Crippen molar-refractivity contribution in [2.75, 3.05) is 37.6 Å². The van der Waals surface area contributed by atoms with E-state index in [0.717, 1.165) is 18.8 Å². The quantitative estimate of drug-likeness (QED) is 0.678. The summed E-state index contributed by atoms with van der Waals surface area (Å²) < 4.78 is 0. The van der Waals surface area contributed by atoms with Crippen LogP contribution in [0.15, 0.2) is 84.9 Å². The second-order valence-electron chi connectivity index (χ2n) is 7.55. The number of rotatable bonds is 5. The molecule has 1 saturated heterocycles. The second-order valence-corrected chi connectivity index (χ2v) is 7.55. The molecule has 1 aliphatic heterocycles. The summed E-state index contributed by atoms with van der Waals surface area (Å²) in [6, 6.07) is 27.8. The minimum absolute atomic E-state index is 0.0255. The minimum Gasteiger partial charge on any atom is -0.508 e. The van der Waals surface area contributed by atoms with E-state index >= 15 is 0 Å². The molecule has 1 heterocycles. The van der Waals surface area contributed by atoms with E-state index in [1.165, 1.54) is 11.1 Å². The number of hydrogen-bond acceptors (Lipinski definition) is 3. The first kappa shape index (κ1) is 19.8. The van der Waals surface area contributed by atoms with Gasteiger partial charge in [0.05, 0.1) is 0 Å². The first-order valence-electron chi connectivity index (χ1n) is 10.4. The highest BCUT2D eigenvalue weighted by Gasteiger charge is 2.23. The highest BCUT2D eigenvalue weighted by atomic mass is 16.3. The van der Waals surface area contributed by atoms with E-state index < -0.39 is 0 Å². The van der Waals surface area contributed by atoms with Crippen LogP contribution in [0.5, 0.6) is 5.75 Å². The number of carbonyl (C=O) groups is 1. The van der Waals surface area contributed by atoms with Crippen LogP contribution in [0, 0.1) is 0 Å². The molecular formula is C25H27N3O2. The van der Waals surface area contributed by atoms with Crippen LogP contribution in [0.2, 0.25) is 0 Å². The Balaban J connectivity index is 1.36.